The number of piperazine rings is 1. The molecule has 1 unspecified atom stereocenters. The number of hydrogen-bond donors (Lipinski definition) is 1. The van der Waals surface area contributed by atoms with Gasteiger partial charge in [-0.15, -0.1) is 0 Å². The van der Waals surface area contributed by atoms with E-state index in [0.29, 0.717) is 12.0 Å². The number of nitrogen functional groups attached to an aromatic ring is 1. The zero-order valence-corrected chi connectivity index (χ0v) is 12.1. The van der Waals surface area contributed by atoms with E-state index >= 15 is 0 Å². The Labute approximate surface area is 119 Å². The number of carbonyl (C=O) groups is 1. The summed E-state index contributed by atoms with van der Waals surface area (Å²) in [5.74, 6) is -0.648. The van der Waals surface area contributed by atoms with Gasteiger partial charge in [0, 0.05) is 26.2 Å². The molecule has 2 rings (SSSR count). The third-order valence-corrected chi connectivity index (χ3v) is 3.95. The summed E-state index contributed by atoms with van der Waals surface area (Å²) in [5.41, 5.74) is 6.32. The molecule has 0 aromatic heterocycles. The smallest absolute Gasteiger partial charge is 0.230 e. The molecular formula is C15H22FN3O. The first-order chi connectivity index (χ1) is 9.52. The van der Waals surface area contributed by atoms with E-state index in [-0.39, 0.29) is 17.5 Å². The van der Waals surface area contributed by atoms with Crippen molar-refractivity contribution in [1.29, 1.82) is 0 Å². The normalized spacial score (nSPS) is 18.1. The summed E-state index contributed by atoms with van der Waals surface area (Å²) in [5, 5.41) is 0. The lowest BCUT2D eigenvalue weighted by Crippen LogP contribution is -2.48. The Balaban J connectivity index is 2.14. The van der Waals surface area contributed by atoms with Crippen LogP contribution in [0.25, 0.3) is 0 Å². The average Bonchev–Trinajstić information content (AvgIpc) is 2.44. The fourth-order valence-electron chi connectivity index (χ4n) is 2.56. The third kappa shape index (κ3) is 3.10. The minimum absolute atomic E-state index is 0.0878. The fraction of sp³-hybridized carbons (Fsp3) is 0.533. The lowest BCUT2D eigenvalue weighted by Gasteiger charge is -2.34. The van der Waals surface area contributed by atoms with Gasteiger partial charge in [0.15, 0.2) is 0 Å². The predicted molar refractivity (Wildman–Crippen MR) is 77.9 cm³/mol. The van der Waals surface area contributed by atoms with Gasteiger partial charge in [0.2, 0.25) is 5.91 Å². The van der Waals surface area contributed by atoms with E-state index in [1.54, 1.807) is 6.07 Å². The lowest BCUT2D eigenvalue weighted by molar-refractivity contribution is -0.134. The number of anilines is 1. The highest BCUT2D eigenvalue weighted by molar-refractivity contribution is 5.84. The highest BCUT2D eigenvalue weighted by Crippen LogP contribution is 2.25. The van der Waals surface area contributed by atoms with E-state index < -0.39 is 5.82 Å². The number of nitrogens with zero attached hydrogens (tertiary/aromatic N) is 2. The van der Waals surface area contributed by atoms with Gasteiger partial charge in [0.25, 0.3) is 0 Å². The number of rotatable bonds is 3. The van der Waals surface area contributed by atoms with Gasteiger partial charge >= 0.3 is 0 Å². The van der Waals surface area contributed by atoms with Gasteiger partial charge in [-0.2, -0.15) is 0 Å². The Hall–Kier alpha value is -1.62. The van der Waals surface area contributed by atoms with Gasteiger partial charge in [-0.3, -0.25) is 4.79 Å². The molecule has 0 aliphatic carbocycles. The van der Waals surface area contributed by atoms with Crippen LogP contribution in [-0.2, 0) is 4.79 Å². The van der Waals surface area contributed by atoms with Crippen molar-refractivity contribution in [2.24, 2.45) is 0 Å². The van der Waals surface area contributed by atoms with Crippen LogP contribution < -0.4 is 5.73 Å². The van der Waals surface area contributed by atoms with Crippen LogP contribution in [0.2, 0.25) is 0 Å². The van der Waals surface area contributed by atoms with E-state index in [1.165, 1.54) is 12.1 Å². The number of benzene rings is 1. The van der Waals surface area contributed by atoms with Gasteiger partial charge in [0.1, 0.15) is 5.82 Å². The van der Waals surface area contributed by atoms with Crippen LogP contribution in [0.4, 0.5) is 10.1 Å². The largest absolute Gasteiger partial charge is 0.396 e. The summed E-state index contributed by atoms with van der Waals surface area (Å²) in [7, 11) is 2.05. The molecule has 1 fully saturated rings. The molecular weight excluding hydrogens is 257 g/mol. The topological polar surface area (TPSA) is 49.6 Å². The van der Waals surface area contributed by atoms with Crippen molar-refractivity contribution in [2.75, 3.05) is 39.0 Å². The van der Waals surface area contributed by atoms with Crippen molar-refractivity contribution in [3.05, 3.63) is 29.6 Å². The molecule has 2 N–H and O–H groups in total. The molecule has 0 saturated carbocycles. The van der Waals surface area contributed by atoms with Crippen molar-refractivity contribution in [3.63, 3.8) is 0 Å². The molecule has 4 nitrogen and oxygen atoms in total. The van der Waals surface area contributed by atoms with Gasteiger partial charge in [-0.05, 0) is 31.2 Å². The summed E-state index contributed by atoms with van der Waals surface area (Å²) in [6.07, 6.45) is 0.661. The SMILES string of the molecule is CCC(C(=O)N1CCN(C)CC1)c1ccc(N)c(F)c1. The second-order valence-corrected chi connectivity index (χ2v) is 5.37. The maximum atomic E-state index is 13.6. The van der Waals surface area contributed by atoms with E-state index in [9.17, 15) is 9.18 Å². The maximum absolute atomic E-state index is 13.6. The van der Waals surface area contributed by atoms with Gasteiger partial charge in [-0.25, -0.2) is 4.39 Å². The molecule has 0 spiro atoms. The van der Waals surface area contributed by atoms with Crippen molar-refractivity contribution in [3.8, 4) is 0 Å². The molecule has 1 aliphatic rings. The van der Waals surface area contributed by atoms with Gasteiger partial charge in [-0.1, -0.05) is 13.0 Å². The molecule has 1 atom stereocenters. The van der Waals surface area contributed by atoms with E-state index in [1.807, 2.05) is 11.8 Å². The predicted octanol–water partition coefficient (Wildman–Crippen LogP) is 1.68. The molecule has 1 heterocycles. The minimum Gasteiger partial charge on any atom is -0.396 e. The van der Waals surface area contributed by atoms with Crippen molar-refractivity contribution < 1.29 is 9.18 Å². The molecule has 1 aliphatic heterocycles. The zero-order valence-electron chi connectivity index (χ0n) is 12.1. The highest BCUT2D eigenvalue weighted by atomic mass is 19.1. The standard InChI is InChI=1S/C15H22FN3O/c1-3-12(11-4-5-14(17)13(16)10-11)15(20)19-8-6-18(2)7-9-19/h4-5,10,12H,3,6-9,17H2,1-2H3. The first kappa shape index (κ1) is 14.8. The molecule has 20 heavy (non-hydrogen) atoms. The first-order valence-electron chi connectivity index (χ1n) is 7.05. The molecule has 0 bridgehead atoms. The van der Waals surface area contributed by atoms with Crippen molar-refractivity contribution in [2.45, 2.75) is 19.3 Å². The Morgan fingerprint density at radius 1 is 1.35 bits per heavy atom. The van der Waals surface area contributed by atoms with Crippen molar-refractivity contribution in [1.82, 2.24) is 9.80 Å². The number of carbonyl (C=O) groups excluding carboxylic acids is 1. The Bertz CT molecular complexity index is 484. The summed E-state index contributed by atoms with van der Waals surface area (Å²) >= 11 is 0. The van der Waals surface area contributed by atoms with E-state index in [4.69, 9.17) is 5.73 Å². The third-order valence-electron chi connectivity index (χ3n) is 3.95. The Morgan fingerprint density at radius 3 is 2.55 bits per heavy atom. The first-order valence-corrected chi connectivity index (χ1v) is 7.05. The quantitative estimate of drug-likeness (QED) is 0.856. The maximum Gasteiger partial charge on any atom is 0.230 e. The van der Waals surface area contributed by atoms with E-state index in [0.717, 1.165) is 26.2 Å². The Kier molecular flexibility index (Phi) is 4.60. The molecule has 1 aromatic rings. The van der Waals surface area contributed by atoms with Crippen LogP contribution >= 0.6 is 0 Å². The second-order valence-electron chi connectivity index (χ2n) is 5.37. The molecule has 110 valence electrons. The van der Waals surface area contributed by atoms with Crippen molar-refractivity contribution >= 4 is 11.6 Å². The highest BCUT2D eigenvalue weighted by Gasteiger charge is 2.27. The average molecular weight is 279 g/mol. The fourth-order valence-corrected chi connectivity index (χ4v) is 2.56. The number of likely N-dealkylation sites (N-methyl/N-ethyl adjacent to an activating group) is 1. The summed E-state index contributed by atoms with van der Waals surface area (Å²) in [6.45, 7) is 5.20. The lowest BCUT2D eigenvalue weighted by atomic mass is 9.94. The number of hydrogen-bond acceptors (Lipinski definition) is 3. The van der Waals surface area contributed by atoms with Crippen LogP contribution in [0.5, 0.6) is 0 Å². The molecule has 0 radical (unpaired) electrons. The monoisotopic (exact) mass is 279 g/mol. The Morgan fingerprint density at radius 2 is 2.00 bits per heavy atom. The molecule has 1 amide bonds. The summed E-state index contributed by atoms with van der Waals surface area (Å²) in [4.78, 5) is 16.7. The molecule has 1 saturated heterocycles. The molecule has 5 heteroatoms. The molecule has 1 aromatic carbocycles. The summed E-state index contributed by atoms with van der Waals surface area (Å²) < 4.78 is 13.6. The van der Waals surface area contributed by atoms with Gasteiger partial charge < -0.3 is 15.5 Å². The van der Waals surface area contributed by atoms with Gasteiger partial charge in [0.05, 0.1) is 11.6 Å². The number of halogens is 1. The minimum atomic E-state index is -0.452. The number of nitrogens with two attached hydrogens (primary N) is 1. The van der Waals surface area contributed by atoms with Crippen LogP contribution in [0, 0.1) is 5.82 Å². The van der Waals surface area contributed by atoms with Crippen LogP contribution in [0.3, 0.4) is 0 Å². The number of amides is 1. The van der Waals surface area contributed by atoms with E-state index in [2.05, 4.69) is 11.9 Å². The second kappa shape index (κ2) is 6.22. The van der Waals surface area contributed by atoms with Crippen LogP contribution in [-0.4, -0.2) is 48.9 Å². The van der Waals surface area contributed by atoms with Crippen LogP contribution in [0.1, 0.15) is 24.8 Å². The zero-order chi connectivity index (χ0) is 14.7. The van der Waals surface area contributed by atoms with Crippen LogP contribution in [0.15, 0.2) is 18.2 Å². The summed E-state index contributed by atoms with van der Waals surface area (Å²) in [6, 6.07) is 4.67.